The van der Waals surface area contributed by atoms with Gasteiger partial charge in [-0.05, 0) is 22.3 Å². The smallest absolute Gasteiger partial charge is 0.165 e. The second-order valence-corrected chi connectivity index (χ2v) is 11.9. The van der Waals surface area contributed by atoms with Gasteiger partial charge in [0.05, 0.1) is 36.5 Å². The summed E-state index contributed by atoms with van der Waals surface area (Å²) in [6.45, 7) is 1.72. The molecular weight excluding hydrogens is 563 g/mol. The summed E-state index contributed by atoms with van der Waals surface area (Å²) < 4.78 is 26.2. The summed E-state index contributed by atoms with van der Waals surface area (Å²) in [7, 11) is 0. The van der Waals surface area contributed by atoms with Crippen LogP contribution in [-0.4, -0.2) is 46.3 Å². The number of benzene rings is 4. The number of hydrogen-bond donors (Lipinski definition) is 0. The summed E-state index contributed by atoms with van der Waals surface area (Å²) in [6, 6.07) is 40.5. The Morgan fingerprint density at radius 2 is 1.17 bits per heavy atom. The van der Waals surface area contributed by atoms with Gasteiger partial charge < -0.3 is 18.9 Å². The van der Waals surface area contributed by atoms with Crippen molar-refractivity contribution in [1.29, 1.82) is 0 Å². The van der Waals surface area contributed by atoms with Crippen molar-refractivity contribution in [2.75, 3.05) is 6.61 Å². The van der Waals surface area contributed by atoms with Crippen LogP contribution in [0.2, 0.25) is 0 Å². The van der Waals surface area contributed by atoms with E-state index in [4.69, 9.17) is 36.2 Å². The molecule has 5 nitrogen and oxygen atoms in total. The van der Waals surface area contributed by atoms with Crippen molar-refractivity contribution in [2.24, 2.45) is 4.99 Å². The normalized spacial score (nSPS) is 23.2. The second-order valence-electron chi connectivity index (χ2n) is 10.3. The van der Waals surface area contributed by atoms with Crippen LogP contribution in [-0.2, 0) is 38.8 Å². The number of nitrogens with zero attached hydrogens (tertiary/aromatic N) is 1. The second kappa shape index (κ2) is 14.3. The lowest BCUT2D eigenvalue weighted by Crippen LogP contribution is -2.58. The van der Waals surface area contributed by atoms with E-state index in [1.807, 2.05) is 84.9 Å². The number of thioether (sulfide) groups is 1. The molecule has 4 aromatic carbocycles. The van der Waals surface area contributed by atoms with Gasteiger partial charge in [0, 0.05) is 0 Å². The van der Waals surface area contributed by atoms with Gasteiger partial charge in [0.25, 0.3) is 0 Å². The fourth-order valence-corrected chi connectivity index (χ4v) is 6.74. The van der Waals surface area contributed by atoms with E-state index < -0.39 is 6.23 Å². The standard InChI is InChI=1S/C35H33NO4S2/c41-32(28-19-11-4-12-20-28)35-36-34-33(42-35)31(39-23-27-17-9-3-10-18-27)30(38-22-26-15-7-2-8-16-26)29(40-34)24-37-21-25-13-5-1-6-14-25/h1-20,29-31,33-34H,21-24H2/t29-,30-,31+,33-,34+/m1/s1. The Bertz CT molecular complexity index is 1450. The quantitative estimate of drug-likeness (QED) is 0.129. The molecule has 0 unspecified atom stereocenters. The van der Waals surface area contributed by atoms with Gasteiger partial charge in [-0.2, -0.15) is 0 Å². The number of thiocarbonyl (C=S) groups is 1. The van der Waals surface area contributed by atoms with Crippen molar-refractivity contribution in [2.45, 2.75) is 49.6 Å². The van der Waals surface area contributed by atoms with Crippen LogP contribution in [0.1, 0.15) is 22.3 Å². The molecular formula is C35H33NO4S2. The molecule has 0 aliphatic carbocycles. The Labute approximate surface area is 256 Å². The summed E-state index contributed by atoms with van der Waals surface area (Å²) in [5.74, 6) is 0. The van der Waals surface area contributed by atoms with Crippen molar-refractivity contribution in [1.82, 2.24) is 0 Å². The highest BCUT2D eigenvalue weighted by Crippen LogP contribution is 2.41. The first-order valence-corrected chi connectivity index (χ1v) is 15.5. The number of fused-ring (bicyclic) bond motifs is 1. The molecule has 7 heteroatoms. The van der Waals surface area contributed by atoms with Crippen molar-refractivity contribution in [3.63, 3.8) is 0 Å². The SMILES string of the molecule is S=C(C1=N[C@H]2O[C@H](COCc3ccccc3)[C@@H](OCc3ccccc3)[C@H](OCc3ccccc3)[C@H]2S1)c1ccccc1. The van der Waals surface area contributed by atoms with Crippen LogP contribution in [0.25, 0.3) is 0 Å². The lowest BCUT2D eigenvalue weighted by atomic mass is 9.99. The van der Waals surface area contributed by atoms with E-state index in [1.54, 1.807) is 11.8 Å². The monoisotopic (exact) mass is 595 g/mol. The van der Waals surface area contributed by atoms with Gasteiger partial charge in [-0.3, -0.25) is 0 Å². The number of ether oxygens (including phenoxy) is 4. The van der Waals surface area contributed by atoms with E-state index in [0.717, 1.165) is 32.2 Å². The Morgan fingerprint density at radius 1 is 0.667 bits per heavy atom. The average Bonchev–Trinajstić information content (AvgIpc) is 3.48. The van der Waals surface area contributed by atoms with E-state index in [1.165, 1.54) is 0 Å². The minimum absolute atomic E-state index is 0.114. The summed E-state index contributed by atoms with van der Waals surface area (Å²) in [5.41, 5.74) is 4.27. The van der Waals surface area contributed by atoms with Crippen LogP contribution >= 0.6 is 24.0 Å². The number of aliphatic imine (C=N–C) groups is 1. The molecule has 5 atom stereocenters. The molecule has 214 valence electrons. The van der Waals surface area contributed by atoms with Crippen molar-refractivity contribution in [3.8, 4) is 0 Å². The molecule has 4 aromatic rings. The zero-order chi connectivity index (χ0) is 28.6. The Kier molecular flexibility index (Phi) is 9.87. The molecule has 0 spiro atoms. The van der Waals surface area contributed by atoms with Crippen LogP contribution in [0.3, 0.4) is 0 Å². The summed E-state index contributed by atoms with van der Waals surface area (Å²) in [6.07, 6.45) is -1.48. The van der Waals surface area contributed by atoms with Gasteiger partial charge in [0.15, 0.2) is 6.23 Å². The maximum atomic E-state index is 6.71. The summed E-state index contributed by atoms with van der Waals surface area (Å²) in [5, 5.41) is 0.684. The molecule has 0 N–H and O–H groups in total. The Morgan fingerprint density at radius 3 is 1.74 bits per heavy atom. The van der Waals surface area contributed by atoms with Gasteiger partial charge in [0.1, 0.15) is 23.4 Å². The predicted octanol–water partition coefficient (Wildman–Crippen LogP) is 7.03. The average molecular weight is 596 g/mol. The van der Waals surface area contributed by atoms with Gasteiger partial charge in [-0.15, -0.1) is 0 Å². The van der Waals surface area contributed by atoms with Crippen molar-refractivity contribution in [3.05, 3.63) is 144 Å². The van der Waals surface area contributed by atoms with Crippen LogP contribution in [0.4, 0.5) is 0 Å². The minimum Gasteiger partial charge on any atom is -0.374 e. The Balaban J connectivity index is 1.26. The first-order chi connectivity index (χ1) is 20.7. The van der Waals surface area contributed by atoms with E-state index >= 15 is 0 Å². The van der Waals surface area contributed by atoms with E-state index in [2.05, 4.69) is 36.4 Å². The van der Waals surface area contributed by atoms with Gasteiger partial charge in [-0.25, -0.2) is 4.99 Å². The number of rotatable bonds is 12. The summed E-state index contributed by atoms with van der Waals surface area (Å²) >= 11 is 7.50. The maximum Gasteiger partial charge on any atom is 0.165 e. The molecule has 1 saturated heterocycles. The third kappa shape index (κ3) is 7.24. The van der Waals surface area contributed by atoms with Crippen LogP contribution < -0.4 is 0 Å². The molecule has 2 heterocycles. The molecule has 0 amide bonds. The third-order valence-electron chi connectivity index (χ3n) is 7.30. The molecule has 1 fully saturated rings. The minimum atomic E-state index is -0.422. The Hall–Kier alpha value is -3.17. The molecule has 2 aliphatic heterocycles. The molecule has 6 rings (SSSR count). The molecule has 2 aliphatic rings. The lowest BCUT2D eigenvalue weighted by molar-refractivity contribution is -0.214. The number of hydrogen-bond acceptors (Lipinski definition) is 7. The van der Waals surface area contributed by atoms with Crippen LogP contribution in [0.15, 0.2) is 126 Å². The largest absolute Gasteiger partial charge is 0.374 e. The van der Waals surface area contributed by atoms with Crippen LogP contribution in [0.5, 0.6) is 0 Å². The van der Waals surface area contributed by atoms with Gasteiger partial charge >= 0.3 is 0 Å². The van der Waals surface area contributed by atoms with Gasteiger partial charge in [-0.1, -0.05) is 145 Å². The van der Waals surface area contributed by atoms with Crippen LogP contribution in [0, 0.1) is 0 Å². The fourth-order valence-electron chi connectivity index (χ4n) is 5.15. The van der Waals surface area contributed by atoms with E-state index in [9.17, 15) is 0 Å². The van der Waals surface area contributed by atoms with E-state index in [-0.39, 0.29) is 23.6 Å². The van der Waals surface area contributed by atoms with Gasteiger partial charge in [0.2, 0.25) is 0 Å². The molecule has 42 heavy (non-hydrogen) atoms. The lowest BCUT2D eigenvalue weighted by Gasteiger charge is -2.43. The summed E-state index contributed by atoms with van der Waals surface area (Å²) in [4.78, 5) is 5.71. The topological polar surface area (TPSA) is 49.3 Å². The van der Waals surface area contributed by atoms with E-state index in [0.29, 0.717) is 26.4 Å². The third-order valence-corrected chi connectivity index (χ3v) is 9.16. The maximum absolute atomic E-state index is 6.71. The highest BCUT2D eigenvalue weighted by Gasteiger charge is 2.51. The fraction of sp³-hybridized carbons (Fsp3) is 0.257. The molecule has 0 radical (unpaired) electrons. The zero-order valence-electron chi connectivity index (χ0n) is 23.2. The van der Waals surface area contributed by atoms with Crippen molar-refractivity contribution >= 4 is 33.9 Å². The first kappa shape index (κ1) is 28.9. The molecule has 0 saturated carbocycles. The first-order valence-electron chi connectivity index (χ1n) is 14.2. The highest BCUT2D eigenvalue weighted by molar-refractivity contribution is 8.18. The molecule has 0 bridgehead atoms. The highest BCUT2D eigenvalue weighted by atomic mass is 32.2. The molecule has 0 aromatic heterocycles. The predicted molar refractivity (Wildman–Crippen MR) is 172 cm³/mol. The van der Waals surface area contributed by atoms with Crippen molar-refractivity contribution < 1.29 is 18.9 Å². The zero-order valence-corrected chi connectivity index (χ0v) is 24.8.